The van der Waals surface area contributed by atoms with Crippen LogP contribution in [0.25, 0.3) is 0 Å². The summed E-state index contributed by atoms with van der Waals surface area (Å²) < 4.78 is 5.47. The quantitative estimate of drug-likeness (QED) is 0.866. The fourth-order valence-electron chi connectivity index (χ4n) is 3.03. The Morgan fingerprint density at radius 3 is 2.75 bits per heavy atom. The molecule has 3 heteroatoms. The van der Waals surface area contributed by atoms with E-state index in [4.69, 9.17) is 16.3 Å². The summed E-state index contributed by atoms with van der Waals surface area (Å²) in [5, 5.41) is 4.35. The molecule has 1 heterocycles. The summed E-state index contributed by atoms with van der Waals surface area (Å²) in [6, 6.07) is 10.5. The van der Waals surface area contributed by atoms with Gasteiger partial charge in [-0.05, 0) is 49.6 Å². The van der Waals surface area contributed by atoms with E-state index >= 15 is 0 Å². The molecule has 20 heavy (non-hydrogen) atoms. The maximum absolute atomic E-state index is 6.14. The first-order chi connectivity index (χ1) is 9.58. The number of rotatable bonds is 2. The van der Waals surface area contributed by atoms with Gasteiger partial charge in [-0.3, -0.25) is 0 Å². The van der Waals surface area contributed by atoms with Crippen molar-refractivity contribution < 1.29 is 4.74 Å². The minimum absolute atomic E-state index is 0.221. The van der Waals surface area contributed by atoms with Crippen LogP contribution >= 0.6 is 11.6 Å². The molecule has 0 aromatic heterocycles. The largest absolute Gasteiger partial charge is 0.496 e. The van der Waals surface area contributed by atoms with E-state index in [1.54, 1.807) is 7.11 Å². The highest BCUT2D eigenvalue weighted by Gasteiger charge is 2.26. The van der Waals surface area contributed by atoms with E-state index in [1.165, 1.54) is 22.4 Å². The van der Waals surface area contributed by atoms with Gasteiger partial charge in [0.2, 0.25) is 0 Å². The van der Waals surface area contributed by atoms with Crippen molar-refractivity contribution in [3.63, 3.8) is 0 Å². The summed E-state index contributed by atoms with van der Waals surface area (Å²) in [5.74, 6) is 0.883. The van der Waals surface area contributed by atoms with E-state index in [9.17, 15) is 0 Å². The average Bonchev–Trinajstić information content (AvgIpc) is 2.82. The first-order valence-corrected chi connectivity index (χ1v) is 7.16. The van der Waals surface area contributed by atoms with Gasteiger partial charge in [-0.2, -0.15) is 0 Å². The molecule has 1 atom stereocenters. The Bertz CT molecular complexity index is 666. The molecule has 0 radical (unpaired) electrons. The maximum Gasteiger partial charge on any atom is 0.124 e. The highest BCUT2D eigenvalue weighted by molar-refractivity contribution is 6.30. The summed E-state index contributed by atoms with van der Waals surface area (Å²) in [6.45, 7) is 4.29. The zero-order valence-corrected chi connectivity index (χ0v) is 12.7. The summed E-state index contributed by atoms with van der Waals surface area (Å²) in [5.41, 5.74) is 6.34. The molecule has 3 rings (SSSR count). The third kappa shape index (κ3) is 2.25. The molecule has 0 spiro atoms. The molecule has 0 aliphatic carbocycles. The number of benzene rings is 2. The standard InChI is InChI=1S/C17H18ClNO/c1-10-6-11(2)17-12(7-10)8-15(19-17)14-9-13(18)4-5-16(14)20-3/h4-7,9,15,19H,8H2,1-3H3. The Morgan fingerprint density at radius 1 is 1.20 bits per heavy atom. The first kappa shape index (κ1) is 13.3. The van der Waals surface area contributed by atoms with Crippen molar-refractivity contribution in [2.75, 3.05) is 12.4 Å². The molecule has 1 unspecified atom stereocenters. The number of methoxy groups -OCH3 is 1. The normalized spacial score (nSPS) is 16.7. The zero-order valence-electron chi connectivity index (χ0n) is 12.0. The van der Waals surface area contributed by atoms with Gasteiger partial charge in [0.25, 0.3) is 0 Å². The van der Waals surface area contributed by atoms with Crippen molar-refractivity contribution in [2.45, 2.75) is 26.3 Å². The predicted molar refractivity (Wildman–Crippen MR) is 84.0 cm³/mol. The second-order valence-electron chi connectivity index (χ2n) is 5.40. The minimum atomic E-state index is 0.221. The number of aryl methyl sites for hydroxylation is 2. The smallest absolute Gasteiger partial charge is 0.124 e. The Morgan fingerprint density at radius 2 is 2.00 bits per heavy atom. The first-order valence-electron chi connectivity index (χ1n) is 6.78. The monoisotopic (exact) mass is 287 g/mol. The van der Waals surface area contributed by atoms with Gasteiger partial charge in [-0.1, -0.05) is 29.3 Å². The predicted octanol–water partition coefficient (Wildman–Crippen LogP) is 4.67. The molecule has 0 bridgehead atoms. The minimum Gasteiger partial charge on any atom is -0.496 e. The molecular weight excluding hydrogens is 270 g/mol. The molecule has 1 aliphatic heterocycles. The lowest BCUT2D eigenvalue weighted by atomic mass is 10.00. The SMILES string of the molecule is COc1ccc(Cl)cc1C1Cc2cc(C)cc(C)c2N1. The molecule has 0 amide bonds. The van der Waals surface area contributed by atoms with Crippen LogP contribution in [-0.4, -0.2) is 7.11 Å². The molecule has 2 aromatic rings. The number of hydrogen-bond acceptors (Lipinski definition) is 2. The van der Waals surface area contributed by atoms with Crippen molar-refractivity contribution in [1.29, 1.82) is 0 Å². The third-order valence-corrected chi connectivity index (χ3v) is 4.11. The van der Waals surface area contributed by atoms with Crippen LogP contribution in [-0.2, 0) is 6.42 Å². The summed E-state index contributed by atoms with van der Waals surface area (Å²) >= 11 is 6.14. The van der Waals surface area contributed by atoms with Gasteiger partial charge in [-0.15, -0.1) is 0 Å². The molecule has 0 saturated heterocycles. The third-order valence-electron chi connectivity index (χ3n) is 3.87. The van der Waals surface area contributed by atoms with E-state index in [1.807, 2.05) is 18.2 Å². The van der Waals surface area contributed by atoms with E-state index in [-0.39, 0.29) is 6.04 Å². The van der Waals surface area contributed by atoms with Crippen LogP contribution in [0, 0.1) is 13.8 Å². The van der Waals surface area contributed by atoms with Crippen LogP contribution in [0.5, 0.6) is 5.75 Å². The van der Waals surface area contributed by atoms with E-state index in [2.05, 4.69) is 31.3 Å². The summed E-state index contributed by atoms with van der Waals surface area (Å²) in [4.78, 5) is 0. The van der Waals surface area contributed by atoms with Gasteiger partial charge in [-0.25, -0.2) is 0 Å². The van der Waals surface area contributed by atoms with Gasteiger partial charge in [0.05, 0.1) is 13.2 Å². The van der Waals surface area contributed by atoms with Gasteiger partial charge in [0, 0.05) is 16.3 Å². The number of ether oxygens (including phenoxy) is 1. The van der Waals surface area contributed by atoms with Gasteiger partial charge >= 0.3 is 0 Å². The summed E-state index contributed by atoms with van der Waals surface area (Å²) in [7, 11) is 1.70. The van der Waals surface area contributed by atoms with E-state index in [0.29, 0.717) is 0 Å². The Kier molecular flexibility index (Phi) is 3.35. The lowest BCUT2D eigenvalue weighted by molar-refractivity contribution is 0.407. The average molecular weight is 288 g/mol. The van der Waals surface area contributed by atoms with Gasteiger partial charge in [0.15, 0.2) is 0 Å². The van der Waals surface area contributed by atoms with Crippen molar-refractivity contribution in [3.05, 3.63) is 57.6 Å². The van der Waals surface area contributed by atoms with Gasteiger partial charge < -0.3 is 10.1 Å². The van der Waals surface area contributed by atoms with Crippen LogP contribution < -0.4 is 10.1 Å². The molecule has 0 saturated carbocycles. The van der Waals surface area contributed by atoms with Crippen LogP contribution in [0.4, 0.5) is 5.69 Å². The van der Waals surface area contributed by atoms with Crippen LogP contribution in [0.15, 0.2) is 30.3 Å². The molecule has 1 aliphatic rings. The molecular formula is C17H18ClNO. The zero-order chi connectivity index (χ0) is 14.3. The molecule has 104 valence electrons. The Labute approximate surface area is 124 Å². The molecule has 2 aromatic carbocycles. The van der Waals surface area contributed by atoms with Crippen LogP contribution in [0.3, 0.4) is 0 Å². The molecule has 0 fully saturated rings. The highest BCUT2D eigenvalue weighted by Crippen LogP contribution is 2.40. The fourth-order valence-corrected chi connectivity index (χ4v) is 3.21. The second kappa shape index (κ2) is 5.02. The number of nitrogens with one attached hydrogen (secondary N) is 1. The highest BCUT2D eigenvalue weighted by atomic mass is 35.5. The number of fused-ring (bicyclic) bond motifs is 1. The van der Waals surface area contributed by atoms with Crippen LogP contribution in [0.2, 0.25) is 5.02 Å². The molecule has 1 N–H and O–H groups in total. The number of hydrogen-bond donors (Lipinski definition) is 1. The Balaban J connectivity index is 2.00. The van der Waals surface area contributed by atoms with Crippen molar-refractivity contribution in [1.82, 2.24) is 0 Å². The van der Waals surface area contributed by atoms with Crippen molar-refractivity contribution in [2.24, 2.45) is 0 Å². The van der Waals surface area contributed by atoms with E-state index in [0.717, 1.165) is 22.8 Å². The lowest BCUT2D eigenvalue weighted by Gasteiger charge is -2.16. The van der Waals surface area contributed by atoms with Crippen molar-refractivity contribution in [3.8, 4) is 5.75 Å². The topological polar surface area (TPSA) is 21.3 Å². The summed E-state index contributed by atoms with van der Waals surface area (Å²) in [6.07, 6.45) is 0.967. The van der Waals surface area contributed by atoms with Crippen LogP contribution in [0.1, 0.15) is 28.3 Å². The Hall–Kier alpha value is -1.67. The fraction of sp³-hybridized carbons (Fsp3) is 0.294. The number of anilines is 1. The number of halogens is 1. The lowest BCUT2D eigenvalue weighted by Crippen LogP contribution is -2.07. The second-order valence-corrected chi connectivity index (χ2v) is 5.84. The maximum atomic E-state index is 6.14. The van der Waals surface area contributed by atoms with E-state index < -0.39 is 0 Å². The molecule has 2 nitrogen and oxygen atoms in total. The van der Waals surface area contributed by atoms with Gasteiger partial charge in [0.1, 0.15) is 5.75 Å². The van der Waals surface area contributed by atoms with Crippen molar-refractivity contribution >= 4 is 17.3 Å².